The maximum Gasteiger partial charge on any atom is 0.147 e. The van der Waals surface area contributed by atoms with E-state index < -0.39 is 0 Å². The molecule has 0 aliphatic carbocycles. The molecule has 1 rings (SSSR count). The summed E-state index contributed by atoms with van der Waals surface area (Å²) in [6.07, 6.45) is 2.81. The minimum absolute atomic E-state index is 0.596. The third kappa shape index (κ3) is 1.32. The normalized spacial score (nSPS) is 10.3. The van der Waals surface area contributed by atoms with Crippen molar-refractivity contribution in [1.82, 2.24) is 9.55 Å². The van der Waals surface area contributed by atoms with E-state index in [9.17, 15) is 0 Å². The van der Waals surface area contributed by atoms with Gasteiger partial charge in [0.25, 0.3) is 0 Å². The zero-order valence-corrected chi connectivity index (χ0v) is 7.02. The zero-order valence-electron chi connectivity index (χ0n) is 6.26. The molecule has 56 valence electrons. The molecule has 1 aromatic heterocycles. The molecule has 0 N–H and O–H groups in total. The summed E-state index contributed by atoms with van der Waals surface area (Å²) >= 11 is 5.69. The van der Waals surface area contributed by atoms with Crippen molar-refractivity contribution in [2.24, 2.45) is 0 Å². The summed E-state index contributed by atoms with van der Waals surface area (Å²) in [4.78, 5) is 4.13. The highest BCUT2D eigenvalue weighted by molar-refractivity contribution is 6.29. The van der Waals surface area contributed by atoms with Crippen molar-refractivity contribution in [3.05, 3.63) is 17.2 Å². The maximum atomic E-state index is 5.69. The molecule has 0 atom stereocenters. The van der Waals surface area contributed by atoms with Gasteiger partial charge in [-0.2, -0.15) is 0 Å². The average Bonchev–Trinajstić information content (AvgIpc) is 2.30. The SMILES string of the molecule is CCc1nc(Cl)cn1CC. The van der Waals surface area contributed by atoms with Crippen molar-refractivity contribution >= 4 is 11.6 Å². The molecular formula is C7H11ClN2. The molecule has 0 radical (unpaired) electrons. The topological polar surface area (TPSA) is 17.8 Å². The molecule has 0 aliphatic rings. The van der Waals surface area contributed by atoms with E-state index in [0.29, 0.717) is 5.15 Å². The summed E-state index contributed by atoms with van der Waals surface area (Å²) in [6.45, 7) is 5.10. The van der Waals surface area contributed by atoms with Crippen molar-refractivity contribution in [3.8, 4) is 0 Å². The molecule has 0 saturated heterocycles. The third-order valence-corrected chi connectivity index (χ3v) is 1.67. The van der Waals surface area contributed by atoms with Crippen LogP contribution in [0.1, 0.15) is 19.7 Å². The van der Waals surface area contributed by atoms with Gasteiger partial charge in [-0.05, 0) is 6.92 Å². The predicted molar refractivity (Wildman–Crippen MR) is 42.3 cm³/mol. The van der Waals surface area contributed by atoms with Crippen molar-refractivity contribution in [2.45, 2.75) is 26.8 Å². The molecule has 0 aliphatic heterocycles. The van der Waals surface area contributed by atoms with Crippen LogP contribution in [0.2, 0.25) is 5.15 Å². The minimum Gasteiger partial charge on any atom is -0.334 e. The van der Waals surface area contributed by atoms with Crippen LogP contribution in [0.3, 0.4) is 0 Å². The highest BCUT2D eigenvalue weighted by Gasteiger charge is 2.00. The van der Waals surface area contributed by atoms with Gasteiger partial charge in [-0.15, -0.1) is 0 Å². The van der Waals surface area contributed by atoms with Crippen LogP contribution in [0.5, 0.6) is 0 Å². The van der Waals surface area contributed by atoms with E-state index in [1.54, 1.807) is 0 Å². The van der Waals surface area contributed by atoms with Crippen molar-refractivity contribution in [3.63, 3.8) is 0 Å². The van der Waals surface area contributed by atoms with Crippen LogP contribution in [0.25, 0.3) is 0 Å². The van der Waals surface area contributed by atoms with Gasteiger partial charge in [-0.3, -0.25) is 0 Å². The molecule has 0 aromatic carbocycles. The molecule has 0 saturated carbocycles. The Hall–Kier alpha value is -0.500. The van der Waals surface area contributed by atoms with Gasteiger partial charge in [-0.1, -0.05) is 18.5 Å². The number of imidazole rings is 1. The summed E-state index contributed by atoms with van der Waals surface area (Å²) in [6, 6.07) is 0. The summed E-state index contributed by atoms with van der Waals surface area (Å²) in [5, 5.41) is 0.596. The molecule has 0 amide bonds. The van der Waals surface area contributed by atoms with Crippen molar-refractivity contribution < 1.29 is 0 Å². The lowest BCUT2D eigenvalue weighted by molar-refractivity contribution is 0.705. The van der Waals surface area contributed by atoms with E-state index in [2.05, 4.69) is 23.4 Å². The van der Waals surface area contributed by atoms with E-state index in [0.717, 1.165) is 18.8 Å². The lowest BCUT2D eigenvalue weighted by atomic mass is 10.4. The molecule has 0 fully saturated rings. The molecule has 0 spiro atoms. The second-order valence-electron chi connectivity index (χ2n) is 2.12. The summed E-state index contributed by atoms with van der Waals surface area (Å²) in [7, 11) is 0. The first kappa shape index (κ1) is 7.61. The Morgan fingerprint density at radius 3 is 2.70 bits per heavy atom. The van der Waals surface area contributed by atoms with Crippen molar-refractivity contribution in [2.75, 3.05) is 0 Å². The second-order valence-corrected chi connectivity index (χ2v) is 2.51. The molecule has 2 nitrogen and oxygen atoms in total. The summed E-state index contributed by atoms with van der Waals surface area (Å²) in [5.41, 5.74) is 0. The Kier molecular flexibility index (Phi) is 2.33. The lowest BCUT2D eigenvalue weighted by Gasteiger charge is -1.98. The van der Waals surface area contributed by atoms with Gasteiger partial charge in [0, 0.05) is 19.2 Å². The monoisotopic (exact) mass is 158 g/mol. The van der Waals surface area contributed by atoms with E-state index in [4.69, 9.17) is 11.6 Å². The van der Waals surface area contributed by atoms with Crippen molar-refractivity contribution in [1.29, 1.82) is 0 Å². The fourth-order valence-corrected chi connectivity index (χ4v) is 1.19. The molecule has 0 unspecified atom stereocenters. The Labute approximate surface area is 65.8 Å². The Balaban J connectivity index is 2.96. The standard InChI is InChI=1S/C7H11ClN2/c1-3-7-9-6(8)5-10(7)4-2/h5H,3-4H2,1-2H3. The number of hydrogen-bond acceptors (Lipinski definition) is 1. The van der Waals surface area contributed by atoms with Crippen LogP contribution in [0, 0.1) is 0 Å². The quantitative estimate of drug-likeness (QED) is 0.645. The van der Waals surface area contributed by atoms with Crippen LogP contribution in [0.4, 0.5) is 0 Å². The highest BCUT2D eigenvalue weighted by Crippen LogP contribution is 2.08. The third-order valence-electron chi connectivity index (χ3n) is 1.49. The molecule has 1 aromatic rings. The van der Waals surface area contributed by atoms with Crippen LogP contribution in [0.15, 0.2) is 6.20 Å². The van der Waals surface area contributed by atoms with Gasteiger partial charge in [0.2, 0.25) is 0 Å². The highest BCUT2D eigenvalue weighted by atomic mass is 35.5. The zero-order chi connectivity index (χ0) is 7.56. The minimum atomic E-state index is 0.596. The first-order valence-corrected chi connectivity index (χ1v) is 3.87. The summed E-state index contributed by atoms with van der Waals surface area (Å²) < 4.78 is 2.06. The molecule has 1 heterocycles. The lowest BCUT2D eigenvalue weighted by Crippen LogP contribution is -1.98. The molecular weight excluding hydrogens is 148 g/mol. The Morgan fingerprint density at radius 2 is 2.30 bits per heavy atom. The van der Waals surface area contributed by atoms with Crippen LogP contribution < -0.4 is 0 Å². The van der Waals surface area contributed by atoms with Gasteiger partial charge in [0.1, 0.15) is 11.0 Å². The number of nitrogens with zero attached hydrogens (tertiary/aromatic N) is 2. The van der Waals surface area contributed by atoms with Crippen LogP contribution in [-0.2, 0) is 13.0 Å². The Morgan fingerprint density at radius 1 is 1.60 bits per heavy atom. The second kappa shape index (κ2) is 3.06. The fourth-order valence-electron chi connectivity index (χ4n) is 0.975. The molecule has 10 heavy (non-hydrogen) atoms. The number of aryl methyl sites for hydroxylation is 2. The van der Waals surface area contributed by atoms with Crippen LogP contribution in [-0.4, -0.2) is 9.55 Å². The first-order chi connectivity index (χ1) is 4.77. The van der Waals surface area contributed by atoms with Gasteiger partial charge >= 0.3 is 0 Å². The number of halogens is 1. The number of aromatic nitrogens is 2. The maximum absolute atomic E-state index is 5.69. The first-order valence-electron chi connectivity index (χ1n) is 3.49. The van der Waals surface area contributed by atoms with Gasteiger partial charge in [0.05, 0.1) is 0 Å². The summed E-state index contributed by atoms with van der Waals surface area (Å²) in [5.74, 6) is 1.06. The predicted octanol–water partition coefficient (Wildman–Crippen LogP) is 2.12. The van der Waals surface area contributed by atoms with Crippen LogP contribution >= 0.6 is 11.6 Å². The smallest absolute Gasteiger partial charge is 0.147 e. The van der Waals surface area contributed by atoms with E-state index in [-0.39, 0.29) is 0 Å². The fraction of sp³-hybridized carbons (Fsp3) is 0.571. The van der Waals surface area contributed by atoms with E-state index >= 15 is 0 Å². The Bertz CT molecular complexity index is 196. The van der Waals surface area contributed by atoms with Gasteiger partial charge in [-0.25, -0.2) is 4.98 Å². The number of rotatable bonds is 2. The largest absolute Gasteiger partial charge is 0.334 e. The van der Waals surface area contributed by atoms with E-state index in [1.807, 2.05) is 6.20 Å². The van der Waals surface area contributed by atoms with Gasteiger partial charge in [0.15, 0.2) is 0 Å². The number of hydrogen-bond donors (Lipinski definition) is 0. The van der Waals surface area contributed by atoms with Gasteiger partial charge < -0.3 is 4.57 Å². The molecule has 0 bridgehead atoms. The van der Waals surface area contributed by atoms with E-state index in [1.165, 1.54) is 0 Å². The average molecular weight is 159 g/mol. The molecule has 3 heteroatoms.